The lowest BCUT2D eigenvalue weighted by Crippen LogP contribution is -2.27. The molecule has 0 fully saturated rings. The molecule has 90 valence electrons. The molecule has 0 aliphatic heterocycles. The van der Waals surface area contributed by atoms with Gasteiger partial charge in [0.05, 0.1) is 7.11 Å². The third-order valence-corrected chi connectivity index (χ3v) is 4.92. The highest BCUT2D eigenvalue weighted by atomic mass is 79.9. The fourth-order valence-corrected chi connectivity index (χ4v) is 2.40. The Morgan fingerprint density at radius 1 is 1.38 bits per heavy atom. The van der Waals surface area contributed by atoms with Gasteiger partial charge in [-0.15, -0.1) is 0 Å². The zero-order valence-corrected chi connectivity index (χ0v) is 11.5. The molecule has 1 N–H and O–H groups in total. The lowest BCUT2D eigenvalue weighted by Gasteiger charge is -2.13. The van der Waals surface area contributed by atoms with E-state index in [1.54, 1.807) is 26.2 Å². The highest BCUT2D eigenvalue weighted by Gasteiger charge is 2.13. The van der Waals surface area contributed by atoms with Crippen LogP contribution < -0.4 is 9.46 Å². The van der Waals surface area contributed by atoms with Crippen LogP contribution >= 0.6 is 15.9 Å². The molecule has 1 aromatic carbocycles. The summed E-state index contributed by atoms with van der Waals surface area (Å²) in [6.07, 6.45) is 0. The van der Waals surface area contributed by atoms with Crippen LogP contribution in [0.25, 0.3) is 0 Å². The van der Waals surface area contributed by atoms with E-state index in [0.29, 0.717) is 0 Å². The van der Waals surface area contributed by atoms with E-state index in [9.17, 15) is 8.42 Å². The summed E-state index contributed by atoms with van der Waals surface area (Å²) >= 11 is 2.92. The van der Waals surface area contributed by atoms with Gasteiger partial charge in [-0.3, -0.25) is 0 Å². The average molecular weight is 308 g/mol. The van der Waals surface area contributed by atoms with Crippen molar-refractivity contribution >= 4 is 26.0 Å². The van der Waals surface area contributed by atoms with E-state index in [-0.39, 0.29) is 10.7 Å². The summed E-state index contributed by atoms with van der Waals surface area (Å²) in [5.74, 6) is 0.749. The predicted octanol–water partition coefficient (Wildman–Crippen LogP) is 2.03. The first-order valence-corrected chi connectivity index (χ1v) is 7.46. The Labute approximate surface area is 104 Å². The molecule has 0 aromatic heterocycles. The molecule has 0 aliphatic carbocycles. The van der Waals surface area contributed by atoms with Crippen molar-refractivity contribution in [2.24, 2.45) is 0 Å². The van der Waals surface area contributed by atoms with Crippen LogP contribution in [0.1, 0.15) is 18.5 Å². The van der Waals surface area contributed by atoms with Crippen LogP contribution in [0.2, 0.25) is 0 Å². The minimum absolute atomic E-state index is 0.0967. The van der Waals surface area contributed by atoms with Crippen LogP contribution in [0.5, 0.6) is 5.75 Å². The van der Waals surface area contributed by atoms with Gasteiger partial charge in [-0.25, -0.2) is 13.1 Å². The molecule has 1 rings (SSSR count). The molecule has 0 radical (unpaired) electrons. The molecule has 0 unspecified atom stereocenters. The maximum absolute atomic E-state index is 11.3. The van der Waals surface area contributed by atoms with Crippen LogP contribution in [-0.2, 0) is 10.0 Å². The first-order chi connectivity index (χ1) is 7.48. The smallest absolute Gasteiger partial charge is 0.222 e. The maximum atomic E-state index is 11.3. The van der Waals surface area contributed by atoms with E-state index >= 15 is 0 Å². The van der Waals surface area contributed by atoms with E-state index in [1.165, 1.54) is 0 Å². The van der Waals surface area contributed by atoms with E-state index in [1.807, 2.05) is 12.1 Å². The topological polar surface area (TPSA) is 55.4 Å². The molecule has 6 heteroatoms. The molecule has 4 nitrogen and oxygen atoms in total. The van der Waals surface area contributed by atoms with Crippen LogP contribution in [-0.4, -0.2) is 20.2 Å². The highest BCUT2D eigenvalue weighted by Crippen LogP contribution is 2.18. The Balaban J connectivity index is 2.77. The third kappa shape index (κ3) is 3.77. The molecule has 0 spiro atoms. The molecule has 0 aliphatic rings. The molecule has 0 amide bonds. The predicted molar refractivity (Wildman–Crippen MR) is 67.3 cm³/mol. The zero-order valence-electron chi connectivity index (χ0n) is 9.10. The van der Waals surface area contributed by atoms with Gasteiger partial charge in [0.15, 0.2) is 0 Å². The molecule has 0 saturated carbocycles. The van der Waals surface area contributed by atoms with Gasteiger partial charge >= 0.3 is 0 Å². The number of ether oxygens (including phenoxy) is 1. The molecule has 0 heterocycles. The van der Waals surface area contributed by atoms with Gasteiger partial charge in [0.2, 0.25) is 10.0 Å². The van der Waals surface area contributed by atoms with Gasteiger partial charge in [0.1, 0.15) is 10.4 Å². The quantitative estimate of drug-likeness (QED) is 0.847. The van der Waals surface area contributed by atoms with Gasteiger partial charge < -0.3 is 4.74 Å². The molecule has 0 bridgehead atoms. The van der Waals surface area contributed by atoms with Crippen molar-refractivity contribution in [3.63, 3.8) is 0 Å². The Morgan fingerprint density at radius 2 is 1.94 bits per heavy atom. The number of hydrogen-bond acceptors (Lipinski definition) is 3. The first-order valence-electron chi connectivity index (χ1n) is 4.68. The monoisotopic (exact) mass is 307 g/mol. The number of hydrogen-bond donors (Lipinski definition) is 1. The lowest BCUT2D eigenvalue weighted by atomic mass is 10.1. The fourth-order valence-electron chi connectivity index (χ4n) is 1.26. The highest BCUT2D eigenvalue weighted by molar-refractivity contribution is 9.10. The van der Waals surface area contributed by atoms with Crippen molar-refractivity contribution in [2.75, 3.05) is 11.8 Å². The van der Waals surface area contributed by atoms with Gasteiger partial charge in [-0.05, 0) is 24.6 Å². The summed E-state index contributed by atoms with van der Waals surface area (Å²) in [5, 5.41) is 0. The van der Waals surface area contributed by atoms with Gasteiger partial charge in [0.25, 0.3) is 0 Å². The minimum Gasteiger partial charge on any atom is -0.497 e. The number of sulfonamides is 1. The SMILES string of the molecule is COc1ccc([C@H](C)NS(=O)(=O)CBr)cc1. The minimum atomic E-state index is -3.25. The van der Waals surface area contributed by atoms with Gasteiger partial charge in [-0.2, -0.15) is 0 Å². The van der Waals surface area contributed by atoms with Crippen molar-refractivity contribution in [2.45, 2.75) is 13.0 Å². The van der Waals surface area contributed by atoms with E-state index in [0.717, 1.165) is 11.3 Å². The second-order valence-corrected chi connectivity index (χ2v) is 6.39. The second kappa shape index (κ2) is 5.65. The molecule has 16 heavy (non-hydrogen) atoms. The lowest BCUT2D eigenvalue weighted by molar-refractivity contribution is 0.414. The van der Waals surface area contributed by atoms with Crippen LogP contribution in [0.4, 0.5) is 0 Å². The third-order valence-electron chi connectivity index (χ3n) is 2.12. The second-order valence-electron chi connectivity index (χ2n) is 3.34. The van der Waals surface area contributed by atoms with Crippen molar-refractivity contribution in [3.8, 4) is 5.75 Å². The van der Waals surface area contributed by atoms with Crippen molar-refractivity contribution < 1.29 is 13.2 Å². The number of methoxy groups -OCH3 is 1. The van der Waals surface area contributed by atoms with E-state index in [4.69, 9.17) is 4.74 Å². The summed E-state index contributed by atoms with van der Waals surface area (Å²) in [6.45, 7) is 1.79. The van der Waals surface area contributed by atoms with E-state index in [2.05, 4.69) is 20.7 Å². The van der Waals surface area contributed by atoms with Crippen molar-refractivity contribution in [3.05, 3.63) is 29.8 Å². The first kappa shape index (κ1) is 13.5. The molecule has 1 atom stereocenters. The van der Waals surface area contributed by atoms with Gasteiger partial charge in [-0.1, -0.05) is 28.1 Å². The van der Waals surface area contributed by atoms with Crippen LogP contribution in [0, 0.1) is 0 Å². The average Bonchev–Trinajstić information content (AvgIpc) is 2.28. The standard InChI is InChI=1S/C10H14BrNO3S/c1-8(12-16(13,14)7-11)9-3-5-10(15-2)6-4-9/h3-6,8,12H,7H2,1-2H3/t8-/m0/s1. The molecule has 0 saturated heterocycles. The van der Waals surface area contributed by atoms with Crippen molar-refractivity contribution in [1.82, 2.24) is 4.72 Å². The summed E-state index contributed by atoms with van der Waals surface area (Å²) in [7, 11) is -1.66. The number of nitrogens with one attached hydrogen (secondary N) is 1. The number of rotatable bonds is 5. The van der Waals surface area contributed by atoms with Crippen LogP contribution in [0.15, 0.2) is 24.3 Å². The Bertz CT molecular complexity index is 430. The Morgan fingerprint density at radius 3 is 2.38 bits per heavy atom. The molecular formula is C10H14BrNO3S. The Kier molecular flexibility index (Phi) is 4.76. The van der Waals surface area contributed by atoms with Crippen molar-refractivity contribution in [1.29, 1.82) is 0 Å². The summed E-state index contributed by atoms with van der Waals surface area (Å²) < 4.78 is 30.1. The largest absolute Gasteiger partial charge is 0.497 e. The van der Waals surface area contributed by atoms with Gasteiger partial charge in [0, 0.05) is 6.04 Å². The molecule has 1 aromatic rings. The normalized spacial score (nSPS) is 13.4. The number of halogens is 1. The Hall–Kier alpha value is -0.590. The fraction of sp³-hybridized carbons (Fsp3) is 0.400. The summed E-state index contributed by atoms with van der Waals surface area (Å²) in [4.78, 5) is 0. The zero-order chi connectivity index (χ0) is 12.2. The summed E-state index contributed by atoms with van der Waals surface area (Å²) in [6, 6.07) is 7.01. The number of alkyl halides is 1. The number of benzene rings is 1. The van der Waals surface area contributed by atoms with Crippen LogP contribution in [0.3, 0.4) is 0 Å². The van der Waals surface area contributed by atoms with E-state index < -0.39 is 10.0 Å². The summed E-state index contributed by atoms with van der Waals surface area (Å²) in [5.41, 5.74) is 0.894. The maximum Gasteiger partial charge on any atom is 0.222 e. The molecular weight excluding hydrogens is 294 g/mol.